The first-order valence-electron chi connectivity index (χ1n) is 3.39. The van der Waals surface area contributed by atoms with Crippen LogP contribution in [-0.4, -0.2) is 17.8 Å². The van der Waals surface area contributed by atoms with Gasteiger partial charge >= 0.3 is 0 Å². The fourth-order valence-corrected chi connectivity index (χ4v) is 1.76. The van der Waals surface area contributed by atoms with E-state index in [1.807, 2.05) is 0 Å². The molecule has 0 amide bonds. The molecule has 0 aliphatic rings. The molecule has 0 saturated heterocycles. The first kappa shape index (κ1) is 11.7. The van der Waals surface area contributed by atoms with Crippen LogP contribution >= 0.6 is 45.2 Å². The molecule has 14 heavy (non-hydrogen) atoms. The molecule has 0 saturated carbocycles. The minimum Gasteiger partial charge on any atom is -0.507 e. The average Bonchev–Trinajstić information content (AvgIpc) is 2.07. The maximum absolute atomic E-state index is 10.9. The van der Waals surface area contributed by atoms with Crippen molar-refractivity contribution >= 4 is 52.8 Å². The summed E-state index contributed by atoms with van der Waals surface area (Å²) in [7, 11) is 0. The van der Waals surface area contributed by atoms with Gasteiger partial charge in [0.15, 0.2) is 0 Å². The monoisotopic (exact) mass is 418 g/mol. The number of phenolic OH excluding ortho intramolecular Hbond substituents is 2. The Hall–Kier alpha value is -0.380. The van der Waals surface area contributed by atoms with Gasteiger partial charge in [-0.1, -0.05) is 0 Å². The van der Waals surface area contributed by atoms with E-state index in [0.29, 0.717) is 0 Å². The lowest BCUT2D eigenvalue weighted by molar-refractivity contribution is 0.109. The predicted octanol–water partition coefficient (Wildman–Crippen LogP) is 2.25. The largest absolute Gasteiger partial charge is 0.507 e. The Kier molecular flexibility index (Phi) is 3.70. The summed E-state index contributed by atoms with van der Waals surface area (Å²) >= 11 is 2.97. The molecule has 0 radical (unpaired) electrons. The summed E-state index contributed by atoms with van der Waals surface area (Å²) in [5.41, 5.74) is -0.0194. The van der Waals surface area contributed by atoms with Gasteiger partial charge in [-0.3, -0.25) is 9.59 Å². The highest BCUT2D eigenvalue weighted by molar-refractivity contribution is 14.1. The highest BCUT2D eigenvalue weighted by atomic mass is 127. The number of hydrogen-bond donors (Lipinski definition) is 2. The maximum atomic E-state index is 10.9. The Bertz CT molecular complexity index is 374. The molecule has 0 heterocycles. The van der Waals surface area contributed by atoms with Gasteiger partial charge in [-0.05, 0) is 12.1 Å². The first-order chi connectivity index (χ1) is 6.43. The molecule has 1 aromatic rings. The summed E-state index contributed by atoms with van der Waals surface area (Å²) in [5.74, 6) is -0.607. The fourth-order valence-electron chi connectivity index (χ4n) is 0.892. The number of aromatic hydroxyl groups is 2. The molecule has 0 atom stereocenters. The lowest BCUT2D eigenvalue weighted by atomic mass is 10.1. The van der Waals surface area contributed by atoms with E-state index in [1.165, 1.54) is 45.2 Å². The van der Waals surface area contributed by atoms with E-state index in [-0.39, 0.29) is 22.6 Å². The van der Waals surface area contributed by atoms with Gasteiger partial charge in [0.25, 0.3) is 0 Å². The lowest BCUT2D eigenvalue weighted by Crippen LogP contribution is -1.94. The van der Waals surface area contributed by atoms with E-state index >= 15 is 0 Å². The average molecular weight is 418 g/mol. The van der Waals surface area contributed by atoms with Crippen molar-refractivity contribution in [1.29, 1.82) is 0 Å². The Balaban J connectivity index is 3.38. The number of hydrogen-bond acceptors (Lipinski definition) is 4. The first-order valence-corrected chi connectivity index (χ1v) is 5.55. The van der Waals surface area contributed by atoms with Crippen molar-refractivity contribution in [3.63, 3.8) is 0 Å². The summed E-state index contributed by atoms with van der Waals surface area (Å²) in [4.78, 5) is 21.9. The Morgan fingerprint density at radius 1 is 0.929 bits per heavy atom. The third-order valence-corrected chi connectivity index (χ3v) is 2.70. The molecule has 4 nitrogen and oxygen atoms in total. The van der Waals surface area contributed by atoms with E-state index in [1.54, 1.807) is 0 Å². The fraction of sp³-hybridized carbons (Fsp3) is 0. The second kappa shape index (κ2) is 4.43. The Morgan fingerprint density at radius 2 is 1.21 bits per heavy atom. The number of carbonyl (C=O) groups excluding carboxylic acids is 2. The number of rotatable bonds is 2. The molecule has 0 aliphatic heterocycles. The summed E-state index contributed by atoms with van der Waals surface area (Å²) in [5, 5.41) is 18.7. The van der Waals surface area contributed by atoms with Gasteiger partial charge in [0.2, 0.25) is 7.58 Å². The Morgan fingerprint density at radius 3 is 1.43 bits per heavy atom. The number of benzene rings is 1. The molecule has 0 unspecified atom stereocenters. The summed E-state index contributed by atoms with van der Waals surface area (Å²) < 4.78 is -0.800. The second-order valence-electron chi connectivity index (χ2n) is 2.43. The van der Waals surface area contributed by atoms with Crippen molar-refractivity contribution in [3.05, 3.63) is 23.3 Å². The SMILES string of the molecule is O=C(I)c1cc(O)c(C(=O)I)cc1O. The van der Waals surface area contributed by atoms with Crippen LogP contribution in [0.2, 0.25) is 0 Å². The molecular weight excluding hydrogens is 414 g/mol. The van der Waals surface area contributed by atoms with Crippen LogP contribution in [0.15, 0.2) is 12.1 Å². The van der Waals surface area contributed by atoms with Crippen LogP contribution in [0.1, 0.15) is 20.7 Å². The minimum absolute atomic E-state index is 0.00972. The van der Waals surface area contributed by atoms with Gasteiger partial charge in [-0.15, -0.1) is 0 Å². The molecular formula is C8H4I2O4. The van der Waals surface area contributed by atoms with Crippen molar-refractivity contribution in [2.75, 3.05) is 0 Å². The number of halogens is 2. The van der Waals surface area contributed by atoms with E-state index in [2.05, 4.69) is 0 Å². The quantitative estimate of drug-likeness (QED) is 0.439. The highest BCUT2D eigenvalue weighted by Gasteiger charge is 2.15. The molecule has 0 aliphatic carbocycles. The van der Waals surface area contributed by atoms with Crippen molar-refractivity contribution in [2.24, 2.45) is 0 Å². The predicted molar refractivity (Wildman–Crippen MR) is 66.5 cm³/mol. The summed E-state index contributed by atoms with van der Waals surface area (Å²) in [6.07, 6.45) is 0. The molecule has 1 aromatic carbocycles. The molecule has 0 spiro atoms. The number of carbonyl (C=O) groups is 2. The van der Waals surface area contributed by atoms with Crippen molar-refractivity contribution < 1.29 is 19.8 Å². The van der Waals surface area contributed by atoms with Gasteiger partial charge < -0.3 is 10.2 Å². The van der Waals surface area contributed by atoms with Crippen LogP contribution in [0, 0.1) is 0 Å². The van der Waals surface area contributed by atoms with Crippen molar-refractivity contribution in [1.82, 2.24) is 0 Å². The van der Waals surface area contributed by atoms with E-state index < -0.39 is 7.58 Å². The minimum atomic E-state index is -0.400. The third-order valence-electron chi connectivity index (χ3n) is 1.54. The van der Waals surface area contributed by atoms with Crippen LogP contribution in [0.25, 0.3) is 0 Å². The van der Waals surface area contributed by atoms with Crippen LogP contribution in [0.3, 0.4) is 0 Å². The molecule has 0 bridgehead atoms. The van der Waals surface area contributed by atoms with Gasteiger partial charge in [-0.25, -0.2) is 0 Å². The summed E-state index contributed by atoms with van der Waals surface area (Å²) in [6, 6.07) is 2.16. The van der Waals surface area contributed by atoms with Gasteiger partial charge in [-0.2, -0.15) is 0 Å². The molecule has 0 aromatic heterocycles. The summed E-state index contributed by atoms with van der Waals surface area (Å²) in [6.45, 7) is 0. The zero-order chi connectivity index (χ0) is 10.9. The standard InChI is InChI=1S/C8H4I2O4/c9-7(13)3-1-5(11)4(8(10)14)2-6(3)12/h1-2,11-12H. The smallest absolute Gasteiger partial charge is 0.226 e. The van der Waals surface area contributed by atoms with E-state index in [9.17, 15) is 19.8 Å². The van der Waals surface area contributed by atoms with Crippen molar-refractivity contribution in [2.45, 2.75) is 0 Å². The van der Waals surface area contributed by atoms with Gasteiger partial charge in [0.05, 0.1) is 11.1 Å². The van der Waals surface area contributed by atoms with Crippen LogP contribution in [0.4, 0.5) is 0 Å². The maximum Gasteiger partial charge on any atom is 0.226 e. The molecule has 6 heteroatoms. The zero-order valence-corrected chi connectivity index (χ0v) is 10.9. The van der Waals surface area contributed by atoms with E-state index in [4.69, 9.17) is 0 Å². The lowest BCUT2D eigenvalue weighted by Gasteiger charge is -2.03. The molecule has 74 valence electrons. The van der Waals surface area contributed by atoms with Crippen LogP contribution in [-0.2, 0) is 0 Å². The van der Waals surface area contributed by atoms with Crippen LogP contribution in [0.5, 0.6) is 11.5 Å². The molecule has 0 fully saturated rings. The van der Waals surface area contributed by atoms with Crippen molar-refractivity contribution in [3.8, 4) is 11.5 Å². The highest BCUT2D eigenvalue weighted by Crippen LogP contribution is 2.30. The van der Waals surface area contributed by atoms with E-state index in [0.717, 1.165) is 12.1 Å². The van der Waals surface area contributed by atoms with Gasteiger partial charge in [0, 0.05) is 45.2 Å². The molecule has 1 rings (SSSR count). The molecule has 2 N–H and O–H groups in total. The zero-order valence-electron chi connectivity index (χ0n) is 6.62. The third kappa shape index (κ3) is 2.35. The van der Waals surface area contributed by atoms with Gasteiger partial charge in [0.1, 0.15) is 11.5 Å². The number of phenols is 2. The normalized spacial score (nSPS) is 9.86. The van der Waals surface area contributed by atoms with Crippen LogP contribution < -0.4 is 0 Å². The second-order valence-corrected chi connectivity index (χ2v) is 4.39. The topological polar surface area (TPSA) is 74.6 Å². The Labute approximate surface area is 107 Å².